The van der Waals surface area contributed by atoms with Gasteiger partial charge in [0.2, 0.25) is 0 Å². The number of thiophene rings is 1. The van der Waals surface area contributed by atoms with Gasteiger partial charge in [-0.25, -0.2) is 4.98 Å². The van der Waals surface area contributed by atoms with Gasteiger partial charge in [0.15, 0.2) is 0 Å². The zero-order chi connectivity index (χ0) is 49.0. The minimum absolute atomic E-state index is 0. The second-order valence-electron chi connectivity index (χ2n) is 19.0. The molecule has 333 valence electrons. The molecule has 4 aromatic heterocycles. The quantitative estimate of drug-likeness (QED) is 0.118. The zero-order valence-electron chi connectivity index (χ0n) is 43.0. The first-order valence-electron chi connectivity index (χ1n) is 24.2. The topological polar surface area (TPSA) is 43.6 Å². The molecule has 1 radical (unpaired) electrons. The number of nitrogens with zero attached hydrogens (tertiary/aromatic N) is 4. The Bertz CT molecular complexity index is 3430. The van der Waals surface area contributed by atoms with Crippen LogP contribution >= 0.6 is 11.3 Å². The van der Waals surface area contributed by atoms with Crippen LogP contribution in [0, 0.1) is 25.9 Å². The maximum atomic E-state index is 8.49. The Hall–Kier alpha value is -5.50. The summed E-state index contributed by atoms with van der Waals surface area (Å²) in [5, 5.41) is 2.35. The number of rotatable bonds is 7. The molecule has 0 aliphatic rings. The Balaban J connectivity index is 0.000000224. The van der Waals surface area contributed by atoms with E-state index in [1.54, 1.807) is 23.5 Å². The maximum Gasteiger partial charge on any atom is 0 e. The van der Waals surface area contributed by atoms with Gasteiger partial charge in [-0.05, 0) is 69.4 Å². The van der Waals surface area contributed by atoms with E-state index in [4.69, 9.17) is 15.5 Å². The number of hydrogen-bond donors (Lipinski definition) is 0. The molecule has 0 bridgehead atoms. The first kappa shape index (κ1) is 41.9. The van der Waals surface area contributed by atoms with Crippen molar-refractivity contribution < 1.29 is 25.6 Å². The Morgan fingerprint density at radius 3 is 2.03 bits per heavy atom. The molecule has 0 atom stereocenters. The predicted octanol–water partition coefficient (Wildman–Crippen LogP) is 15.7. The summed E-state index contributed by atoms with van der Waals surface area (Å²) in [5.41, 5.74) is 13.8. The first-order valence-corrected chi connectivity index (χ1v) is 30.3. The SMILES string of the molecule is Cc1ccc2c(n1)sc1c(-c3nc4ccccc4n3-c3c(-c4ccccc4)cc(C(C)(C)C)cc3-c3ccccc3)[c-]ccc12.[2H]C([2H])([2H])c1c[c-]c(-c2cc(C([2H])(C)C)[c]([Ge]([CH3])([CH3])[CH3])cn2)cc1.[Ir]. The first-order chi connectivity index (χ1) is 32.7. The van der Waals surface area contributed by atoms with Gasteiger partial charge in [-0.2, -0.15) is 11.3 Å². The number of fused-ring (bicyclic) bond motifs is 4. The van der Waals surface area contributed by atoms with Crippen LogP contribution < -0.4 is 4.40 Å². The standard InChI is InChI=1S/C41H32N3S.C18H24GeN.Ir/c1-26-22-23-31-30-18-13-19-32(38(30)45-40(31)42-26)39-43-35-20-11-12-21-36(35)44(39)37-33(27-14-7-5-8-15-27)24-29(41(2,3)4)25-34(37)28-16-9-6-10-17-28;1-13(2)16-11-18(15-9-7-14(3)8-10-15)20-12-17(16)19(4,5)6;/h5-18,20-25H,1-4H3;7-9,11-13H,1-6H3;/q2*-1;/i;3D3,13D;. The molecule has 0 saturated carbocycles. The van der Waals surface area contributed by atoms with E-state index >= 15 is 0 Å². The number of aryl methyl sites for hydroxylation is 2. The fourth-order valence-electron chi connectivity index (χ4n) is 8.48. The molecule has 0 aliphatic heterocycles. The van der Waals surface area contributed by atoms with Crippen molar-refractivity contribution in [3.05, 3.63) is 186 Å². The summed E-state index contributed by atoms with van der Waals surface area (Å²) in [7, 11) is 0. The van der Waals surface area contributed by atoms with E-state index in [1.165, 1.54) is 49.1 Å². The van der Waals surface area contributed by atoms with Crippen molar-refractivity contribution in [2.75, 3.05) is 0 Å². The Morgan fingerprint density at radius 1 is 0.758 bits per heavy atom. The molecule has 0 saturated heterocycles. The van der Waals surface area contributed by atoms with E-state index in [1.807, 2.05) is 39.1 Å². The van der Waals surface area contributed by atoms with Crippen molar-refractivity contribution in [2.45, 2.75) is 77.0 Å². The molecular weight excluding hydrogens is 1060 g/mol. The second kappa shape index (κ2) is 19.0. The van der Waals surface area contributed by atoms with Crippen LogP contribution in [0.25, 0.3) is 81.9 Å². The van der Waals surface area contributed by atoms with Crippen LogP contribution in [0.4, 0.5) is 0 Å². The van der Waals surface area contributed by atoms with Crippen LogP contribution in [0.1, 0.15) is 68.4 Å². The van der Waals surface area contributed by atoms with Crippen molar-refractivity contribution in [3.8, 4) is 50.6 Å². The minimum Gasteiger partial charge on any atom is 0 e. The molecule has 10 aromatic rings. The number of benzene rings is 6. The van der Waals surface area contributed by atoms with Gasteiger partial charge in [-0.1, -0.05) is 111 Å². The van der Waals surface area contributed by atoms with E-state index in [0.717, 1.165) is 60.2 Å². The summed E-state index contributed by atoms with van der Waals surface area (Å²) in [4.78, 5) is 15.9. The predicted molar refractivity (Wildman–Crippen MR) is 281 cm³/mol. The molecule has 66 heavy (non-hydrogen) atoms. The van der Waals surface area contributed by atoms with Gasteiger partial charge >= 0.3 is 131 Å². The number of aromatic nitrogens is 4. The number of hydrogen-bond acceptors (Lipinski definition) is 4. The molecule has 10 rings (SSSR count). The van der Waals surface area contributed by atoms with Crippen LogP contribution in [0.15, 0.2) is 152 Å². The summed E-state index contributed by atoms with van der Waals surface area (Å²) < 4.78 is 35.6. The van der Waals surface area contributed by atoms with Crippen molar-refractivity contribution in [1.29, 1.82) is 0 Å². The van der Waals surface area contributed by atoms with Gasteiger partial charge in [-0.3, -0.25) is 4.98 Å². The van der Waals surface area contributed by atoms with E-state index in [-0.39, 0.29) is 31.1 Å². The molecule has 0 fully saturated rings. The third-order valence-electron chi connectivity index (χ3n) is 11.9. The van der Waals surface area contributed by atoms with E-state index in [2.05, 4.69) is 175 Å². The van der Waals surface area contributed by atoms with Gasteiger partial charge < -0.3 is 4.57 Å². The number of imidazole rings is 1. The normalized spacial score (nSPS) is 13.0. The molecule has 6 aromatic carbocycles. The van der Waals surface area contributed by atoms with Gasteiger partial charge in [0.25, 0.3) is 0 Å². The molecule has 0 N–H and O–H groups in total. The van der Waals surface area contributed by atoms with Crippen LogP contribution in [-0.4, -0.2) is 32.8 Å². The second-order valence-corrected chi connectivity index (χ2v) is 30.6. The third kappa shape index (κ3) is 9.39. The number of para-hydroxylation sites is 2. The Kier molecular flexibility index (Phi) is 12.1. The summed E-state index contributed by atoms with van der Waals surface area (Å²) in [6, 6.07) is 56.7. The van der Waals surface area contributed by atoms with Crippen LogP contribution in [0.3, 0.4) is 0 Å². The van der Waals surface area contributed by atoms with E-state index in [0.29, 0.717) is 0 Å². The largest absolute Gasteiger partial charge is 0 e. The minimum atomic E-state index is -2.14. The monoisotopic (exact) mass is 1120 g/mol. The van der Waals surface area contributed by atoms with Gasteiger partial charge in [0.05, 0.1) is 22.5 Å². The average Bonchev–Trinajstić information content (AvgIpc) is 3.89. The van der Waals surface area contributed by atoms with Crippen molar-refractivity contribution in [2.24, 2.45) is 0 Å². The van der Waals surface area contributed by atoms with Gasteiger partial charge in [0, 0.05) is 36.9 Å². The van der Waals surface area contributed by atoms with Crippen LogP contribution in [0.5, 0.6) is 0 Å². The zero-order valence-corrected chi connectivity index (χ0v) is 44.3. The molecular formula is C59H56GeIrN4S-2. The fraction of sp³-hybridized carbons (Fsp3) is 0.203. The van der Waals surface area contributed by atoms with Crippen molar-refractivity contribution >= 4 is 60.3 Å². The molecule has 0 amide bonds. The summed E-state index contributed by atoms with van der Waals surface area (Å²) in [6.07, 6.45) is 1.91. The fourth-order valence-corrected chi connectivity index (χ4v) is 13.0. The molecule has 0 unspecified atom stereocenters. The van der Waals surface area contributed by atoms with E-state index < -0.39 is 26.0 Å². The van der Waals surface area contributed by atoms with Crippen molar-refractivity contribution in [1.82, 2.24) is 19.5 Å². The van der Waals surface area contributed by atoms with Crippen LogP contribution in [0.2, 0.25) is 17.3 Å². The number of pyridine rings is 2. The average molecular weight is 1120 g/mol. The summed E-state index contributed by atoms with van der Waals surface area (Å²) in [5.74, 6) is 7.06. The van der Waals surface area contributed by atoms with Gasteiger partial charge in [0.1, 0.15) is 4.83 Å². The smallest absolute Gasteiger partial charge is 0 e. The summed E-state index contributed by atoms with van der Waals surface area (Å²) >= 11 is -0.418. The van der Waals surface area contributed by atoms with E-state index in [9.17, 15) is 0 Å². The molecule has 0 spiro atoms. The summed E-state index contributed by atoms with van der Waals surface area (Å²) in [6.45, 7) is 10.6. The molecule has 4 nitrogen and oxygen atoms in total. The molecule has 4 heterocycles. The third-order valence-corrected chi connectivity index (χ3v) is 17.3. The molecule has 0 aliphatic carbocycles. The van der Waals surface area contributed by atoms with Crippen LogP contribution in [-0.2, 0) is 25.5 Å². The molecule has 7 heteroatoms. The van der Waals surface area contributed by atoms with Gasteiger partial charge in [-0.15, -0.1) is 18.2 Å². The van der Waals surface area contributed by atoms with Crippen molar-refractivity contribution in [3.63, 3.8) is 0 Å². The Labute approximate surface area is 416 Å². The Morgan fingerprint density at radius 2 is 1.42 bits per heavy atom. The maximum absolute atomic E-state index is 8.49.